The Morgan fingerprint density at radius 3 is 2.94 bits per heavy atom. The second kappa shape index (κ2) is 5.67. The van der Waals surface area contributed by atoms with Gasteiger partial charge in [-0.1, -0.05) is 35.6 Å². The molecule has 0 saturated carbocycles. The van der Waals surface area contributed by atoms with E-state index < -0.39 is 5.97 Å². The maximum Gasteiger partial charge on any atom is 0.323 e. The van der Waals surface area contributed by atoms with Gasteiger partial charge in [0.1, 0.15) is 10.9 Å². The zero-order valence-corrected chi connectivity index (χ0v) is 11.4. The highest BCUT2D eigenvalue weighted by atomic mass is 32.2. The van der Waals surface area contributed by atoms with Gasteiger partial charge in [-0.2, -0.15) is 0 Å². The quantitative estimate of drug-likeness (QED) is 0.636. The van der Waals surface area contributed by atoms with Crippen molar-refractivity contribution in [1.29, 1.82) is 0 Å². The number of hydrogen-bond acceptors (Lipinski definition) is 4. The van der Waals surface area contributed by atoms with Crippen LogP contribution in [0.15, 0.2) is 22.6 Å². The lowest BCUT2D eigenvalue weighted by Gasteiger charge is -2.11. The molecule has 1 saturated heterocycles. The first-order valence-electron chi connectivity index (χ1n) is 5.74. The van der Waals surface area contributed by atoms with Crippen LogP contribution in [0.3, 0.4) is 0 Å². The maximum absolute atomic E-state index is 12.0. The van der Waals surface area contributed by atoms with E-state index in [0.717, 1.165) is 29.7 Å². The summed E-state index contributed by atoms with van der Waals surface area (Å²) in [4.78, 5) is 24.3. The van der Waals surface area contributed by atoms with Crippen molar-refractivity contribution >= 4 is 40.2 Å². The van der Waals surface area contributed by atoms with E-state index in [0.29, 0.717) is 9.23 Å². The number of carboxylic acids is 1. The van der Waals surface area contributed by atoms with E-state index in [-0.39, 0.29) is 12.5 Å². The number of allylic oxidation sites excluding steroid dienone is 3. The van der Waals surface area contributed by atoms with Crippen LogP contribution < -0.4 is 0 Å². The van der Waals surface area contributed by atoms with Crippen LogP contribution in [0.5, 0.6) is 0 Å². The van der Waals surface area contributed by atoms with Crippen LogP contribution in [0, 0.1) is 0 Å². The number of carbonyl (C=O) groups is 2. The zero-order chi connectivity index (χ0) is 13.1. The highest BCUT2D eigenvalue weighted by Crippen LogP contribution is 2.33. The molecule has 1 N–H and O–H groups in total. The molecule has 6 heteroatoms. The van der Waals surface area contributed by atoms with Gasteiger partial charge in [0, 0.05) is 0 Å². The minimum Gasteiger partial charge on any atom is -0.480 e. The number of thioether (sulfide) groups is 1. The minimum absolute atomic E-state index is 0.293. The second-order valence-corrected chi connectivity index (χ2v) is 5.86. The Labute approximate surface area is 115 Å². The van der Waals surface area contributed by atoms with Crippen molar-refractivity contribution < 1.29 is 14.7 Å². The summed E-state index contributed by atoms with van der Waals surface area (Å²) in [5.41, 5.74) is 1.15. The summed E-state index contributed by atoms with van der Waals surface area (Å²) >= 11 is 6.21. The predicted octanol–water partition coefficient (Wildman–Crippen LogP) is 2.32. The molecule has 2 rings (SSSR count). The monoisotopic (exact) mass is 283 g/mol. The zero-order valence-electron chi connectivity index (χ0n) is 9.72. The van der Waals surface area contributed by atoms with Crippen molar-refractivity contribution in [3.05, 3.63) is 22.6 Å². The van der Waals surface area contributed by atoms with Crippen molar-refractivity contribution in [3.8, 4) is 0 Å². The van der Waals surface area contributed by atoms with Crippen molar-refractivity contribution in [2.24, 2.45) is 0 Å². The van der Waals surface area contributed by atoms with Crippen LogP contribution >= 0.6 is 24.0 Å². The molecule has 1 amide bonds. The lowest BCUT2D eigenvalue weighted by molar-refractivity contribution is -0.140. The van der Waals surface area contributed by atoms with Gasteiger partial charge in [0.2, 0.25) is 0 Å². The van der Waals surface area contributed by atoms with E-state index in [1.54, 1.807) is 0 Å². The fourth-order valence-corrected chi connectivity index (χ4v) is 3.20. The molecule has 1 heterocycles. The van der Waals surface area contributed by atoms with E-state index in [9.17, 15) is 9.59 Å². The van der Waals surface area contributed by atoms with E-state index in [1.807, 2.05) is 6.08 Å². The Kier molecular flexibility index (Phi) is 4.19. The van der Waals surface area contributed by atoms with Gasteiger partial charge in [0.25, 0.3) is 5.91 Å². The molecule has 0 spiro atoms. The molecule has 18 heavy (non-hydrogen) atoms. The maximum atomic E-state index is 12.0. The van der Waals surface area contributed by atoms with Gasteiger partial charge in [0.05, 0.1) is 4.91 Å². The van der Waals surface area contributed by atoms with E-state index in [2.05, 4.69) is 6.08 Å². The average Bonchev–Trinajstić information content (AvgIpc) is 2.58. The molecule has 0 aromatic carbocycles. The Balaban J connectivity index is 2.14. The first-order valence-corrected chi connectivity index (χ1v) is 6.96. The molecular weight excluding hydrogens is 270 g/mol. The average molecular weight is 283 g/mol. The van der Waals surface area contributed by atoms with Crippen molar-refractivity contribution in [3.63, 3.8) is 0 Å². The molecule has 1 fully saturated rings. The summed E-state index contributed by atoms with van der Waals surface area (Å²) < 4.78 is 0.324. The SMILES string of the molecule is O=C(O)CN1C(=O)C(=CC2=CCCCC2)SC1=S. The summed E-state index contributed by atoms with van der Waals surface area (Å²) in [5.74, 6) is -1.34. The number of nitrogens with zero attached hydrogens (tertiary/aromatic N) is 1. The normalized spacial score (nSPS) is 22.6. The van der Waals surface area contributed by atoms with Gasteiger partial charge in [-0.3, -0.25) is 14.5 Å². The lowest BCUT2D eigenvalue weighted by atomic mass is 9.99. The van der Waals surface area contributed by atoms with E-state index in [4.69, 9.17) is 17.3 Å². The Hall–Kier alpha value is -1.14. The smallest absolute Gasteiger partial charge is 0.323 e. The summed E-state index contributed by atoms with van der Waals surface area (Å²) in [6, 6.07) is 0. The van der Waals surface area contributed by atoms with Crippen LogP contribution in [-0.2, 0) is 9.59 Å². The third-order valence-electron chi connectivity index (χ3n) is 2.81. The number of carbonyl (C=O) groups excluding carboxylic acids is 1. The number of thiocarbonyl (C=S) groups is 1. The highest BCUT2D eigenvalue weighted by molar-refractivity contribution is 8.26. The fourth-order valence-electron chi connectivity index (χ4n) is 1.93. The van der Waals surface area contributed by atoms with E-state index >= 15 is 0 Å². The Morgan fingerprint density at radius 1 is 1.56 bits per heavy atom. The highest BCUT2D eigenvalue weighted by Gasteiger charge is 2.33. The van der Waals surface area contributed by atoms with Crippen LogP contribution in [0.1, 0.15) is 25.7 Å². The molecule has 0 atom stereocenters. The molecule has 2 aliphatic rings. The van der Waals surface area contributed by atoms with Gasteiger partial charge < -0.3 is 5.11 Å². The first kappa shape index (κ1) is 13.3. The number of rotatable bonds is 3. The summed E-state index contributed by atoms with van der Waals surface area (Å²) in [6.45, 7) is -0.360. The third kappa shape index (κ3) is 3.00. The molecule has 0 bridgehead atoms. The third-order valence-corrected chi connectivity index (χ3v) is 4.19. The second-order valence-electron chi connectivity index (χ2n) is 4.19. The van der Waals surface area contributed by atoms with Crippen LogP contribution in [0.25, 0.3) is 0 Å². The van der Waals surface area contributed by atoms with E-state index in [1.165, 1.54) is 18.2 Å². The van der Waals surface area contributed by atoms with Gasteiger partial charge in [-0.25, -0.2) is 0 Å². The van der Waals surface area contributed by atoms with Crippen LogP contribution in [0.4, 0.5) is 0 Å². The number of aliphatic carboxylic acids is 1. The molecule has 4 nitrogen and oxygen atoms in total. The molecule has 96 valence electrons. The van der Waals surface area contributed by atoms with Crippen molar-refractivity contribution in [2.45, 2.75) is 25.7 Å². The topological polar surface area (TPSA) is 57.6 Å². The first-order chi connectivity index (χ1) is 8.58. The molecule has 1 aliphatic carbocycles. The summed E-state index contributed by atoms with van der Waals surface area (Å²) in [6.07, 6.45) is 8.33. The lowest BCUT2D eigenvalue weighted by Crippen LogP contribution is -2.33. The van der Waals surface area contributed by atoms with Crippen molar-refractivity contribution in [1.82, 2.24) is 4.90 Å². The van der Waals surface area contributed by atoms with Gasteiger partial charge in [-0.15, -0.1) is 0 Å². The standard InChI is InChI=1S/C12H13NO3S2/c14-10(15)7-13-11(16)9(18-12(13)17)6-8-4-2-1-3-5-8/h4,6H,1-3,5,7H2,(H,14,15). The molecule has 0 radical (unpaired) electrons. The van der Waals surface area contributed by atoms with Crippen LogP contribution in [0.2, 0.25) is 0 Å². The summed E-state index contributed by atoms with van der Waals surface area (Å²) in [7, 11) is 0. The van der Waals surface area contributed by atoms with Crippen LogP contribution in [-0.4, -0.2) is 32.7 Å². The van der Waals surface area contributed by atoms with Gasteiger partial charge in [0.15, 0.2) is 0 Å². The van der Waals surface area contributed by atoms with Gasteiger partial charge in [-0.05, 0) is 31.8 Å². The predicted molar refractivity (Wildman–Crippen MR) is 74.2 cm³/mol. The fraction of sp³-hybridized carbons (Fsp3) is 0.417. The summed E-state index contributed by atoms with van der Waals surface area (Å²) in [5, 5.41) is 8.72. The molecule has 0 aromatic rings. The molecule has 0 unspecified atom stereocenters. The minimum atomic E-state index is -1.05. The molecule has 1 aliphatic heterocycles. The van der Waals surface area contributed by atoms with Gasteiger partial charge >= 0.3 is 5.97 Å². The number of amides is 1. The van der Waals surface area contributed by atoms with Crippen molar-refractivity contribution in [2.75, 3.05) is 6.54 Å². The largest absolute Gasteiger partial charge is 0.480 e. The number of hydrogen-bond donors (Lipinski definition) is 1. The molecular formula is C12H13NO3S2. The number of carboxylic acid groups (broad SMARTS) is 1. The molecule has 0 aromatic heterocycles. The Morgan fingerprint density at radius 2 is 2.33 bits per heavy atom. The Bertz CT molecular complexity index is 468.